The summed E-state index contributed by atoms with van der Waals surface area (Å²) in [4.78, 5) is 0. The molecule has 0 amide bonds. The molecule has 19 heavy (non-hydrogen) atoms. The summed E-state index contributed by atoms with van der Waals surface area (Å²) in [5.74, 6) is 0. The lowest BCUT2D eigenvalue weighted by atomic mass is 10.1. The molecule has 0 aromatic heterocycles. The Kier molecular flexibility index (Phi) is 17.8. The molecule has 0 aliphatic rings. The molecule has 0 unspecified atom stereocenters. The van der Waals surface area contributed by atoms with E-state index >= 15 is 0 Å². The number of aliphatic hydroxyl groups is 1. The zero-order chi connectivity index (χ0) is 14.0. The van der Waals surface area contributed by atoms with Crippen molar-refractivity contribution >= 4 is 0 Å². The van der Waals surface area contributed by atoms with E-state index in [2.05, 4.69) is 12.2 Å². The molecule has 0 bridgehead atoms. The van der Waals surface area contributed by atoms with Crippen LogP contribution in [-0.4, -0.2) is 24.8 Å². The topological polar surface area (TPSA) is 32.3 Å². The summed E-state index contributed by atoms with van der Waals surface area (Å²) in [6.45, 7) is 4.98. The van der Waals surface area contributed by atoms with Gasteiger partial charge in [0.1, 0.15) is 0 Å². The molecule has 0 aliphatic heterocycles. The molecule has 0 spiro atoms. The van der Waals surface area contributed by atoms with Crippen LogP contribution >= 0.6 is 0 Å². The Labute approximate surface area is 121 Å². The van der Waals surface area contributed by atoms with Crippen LogP contribution < -0.4 is 5.32 Å². The molecule has 0 aromatic rings. The highest BCUT2D eigenvalue weighted by atomic mass is 16.2. The van der Waals surface area contributed by atoms with Crippen molar-refractivity contribution in [2.75, 3.05) is 19.7 Å². The quantitative estimate of drug-likeness (QED) is 0.400. The Balaban J connectivity index is 2.88. The largest absolute Gasteiger partial charge is 0.396 e. The summed E-state index contributed by atoms with van der Waals surface area (Å²) in [5.41, 5.74) is 0. The predicted octanol–water partition coefficient (Wildman–Crippen LogP) is 4.66. The van der Waals surface area contributed by atoms with Crippen molar-refractivity contribution in [3.63, 3.8) is 0 Å². The lowest BCUT2D eigenvalue weighted by Crippen LogP contribution is -2.15. The van der Waals surface area contributed by atoms with E-state index in [0.717, 1.165) is 6.42 Å². The second-order valence-electron chi connectivity index (χ2n) is 5.72. The third-order valence-electron chi connectivity index (χ3n) is 3.69. The second-order valence-corrected chi connectivity index (χ2v) is 5.72. The normalized spacial score (nSPS) is 11.1. The number of aliphatic hydroxyl groups excluding tert-OH is 1. The van der Waals surface area contributed by atoms with Crippen LogP contribution in [0.4, 0.5) is 0 Å². The number of nitrogens with one attached hydrogen (secondary N) is 1. The average molecular weight is 271 g/mol. The predicted molar refractivity (Wildman–Crippen MR) is 85.7 cm³/mol. The van der Waals surface area contributed by atoms with Gasteiger partial charge in [-0.3, -0.25) is 0 Å². The van der Waals surface area contributed by atoms with E-state index in [4.69, 9.17) is 5.11 Å². The average Bonchev–Trinajstić information content (AvgIpc) is 2.43. The molecule has 116 valence electrons. The van der Waals surface area contributed by atoms with E-state index in [1.807, 2.05) is 0 Å². The van der Waals surface area contributed by atoms with Crippen LogP contribution in [0.5, 0.6) is 0 Å². The first-order chi connectivity index (χ1) is 9.41. The fourth-order valence-electron chi connectivity index (χ4n) is 2.43. The van der Waals surface area contributed by atoms with Gasteiger partial charge in [0, 0.05) is 6.61 Å². The molecular formula is C17H37NO. The Morgan fingerprint density at radius 1 is 0.579 bits per heavy atom. The van der Waals surface area contributed by atoms with E-state index in [-0.39, 0.29) is 0 Å². The molecule has 0 aromatic carbocycles. The van der Waals surface area contributed by atoms with E-state index in [9.17, 15) is 0 Å². The van der Waals surface area contributed by atoms with Gasteiger partial charge >= 0.3 is 0 Å². The van der Waals surface area contributed by atoms with Gasteiger partial charge in [0.2, 0.25) is 0 Å². The van der Waals surface area contributed by atoms with Crippen molar-refractivity contribution in [2.24, 2.45) is 0 Å². The van der Waals surface area contributed by atoms with Crippen molar-refractivity contribution in [2.45, 2.75) is 90.4 Å². The summed E-state index contributed by atoms with van der Waals surface area (Å²) in [6.07, 6.45) is 17.4. The Hall–Kier alpha value is -0.0800. The lowest BCUT2D eigenvalue weighted by molar-refractivity contribution is 0.282. The van der Waals surface area contributed by atoms with Crippen LogP contribution in [0.1, 0.15) is 90.4 Å². The van der Waals surface area contributed by atoms with Gasteiger partial charge < -0.3 is 10.4 Å². The van der Waals surface area contributed by atoms with Crippen LogP contribution in [0, 0.1) is 0 Å². The van der Waals surface area contributed by atoms with Crippen molar-refractivity contribution in [3.8, 4) is 0 Å². The summed E-state index contributed by atoms with van der Waals surface area (Å²) in [7, 11) is 0. The smallest absolute Gasteiger partial charge is 0.0431 e. The molecular weight excluding hydrogens is 234 g/mol. The maximum atomic E-state index is 8.67. The van der Waals surface area contributed by atoms with E-state index in [0.29, 0.717) is 6.61 Å². The highest BCUT2D eigenvalue weighted by molar-refractivity contribution is 4.50. The van der Waals surface area contributed by atoms with Gasteiger partial charge in [-0.05, 0) is 32.4 Å². The maximum Gasteiger partial charge on any atom is 0.0431 e. The first kappa shape index (κ1) is 18.9. The molecule has 2 nitrogen and oxygen atoms in total. The van der Waals surface area contributed by atoms with Crippen LogP contribution in [0.25, 0.3) is 0 Å². The first-order valence-corrected chi connectivity index (χ1v) is 8.73. The Bertz CT molecular complexity index is 134. The number of hydrogen-bond acceptors (Lipinski definition) is 2. The number of hydrogen-bond donors (Lipinski definition) is 2. The molecule has 0 saturated heterocycles. The Morgan fingerprint density at radius 3 is 1.42 bits per heavy atom. The van der Waals surface area contributed by atoms with Gasteiger partial charge in [0.15, 0.2) is 0 Å². The summed E-state index contributed by atoms with van der Waals surface area (Å²) >= 11 is 0. The van der Waals surface area contributed by atoms with Crippen molar-refractivity contribution in [1.29, 1.82) is 0 Å². The lowest BCUT2D eigenvalue weighted by Gasteiger charge is -2.04. The summed E-state index contributed by atoms with van der Waals surface area (Å²) < 4.78 is 0. The maximum absolute atomic E-state index is 8.67. The van der Waals surface area contributed by atoms with Gasteiger partial charge in [-0.1, -0.05) is 71.1 Å². The number of rotatable bonds is 16. The third kappa shape index (κ3) is 17.9. The molecule has 0 heterocycles. The van der Waals surface area contributed by atoms with Crippen LogP contribution in [0.3, 0.4) is 0 Å². The van der Waals surface area contributed by atoms with E-state index in [1.165, 1.54) is 90.1 Å². The van der Waals surface area contributed by atoms with Crippen molar-refractivity contribution in [1.82, 2.24) is 5.32 Å². The minimum absolute atomic E-state index is 0.369. The van der Waals surface area contributed by atoms with Crippen molar-refractivity contribution in [3.05, 3.63) is 0 Å². The zero-order valence-electron chi connectivity index (χ0n) is 13.3. The van der Waals surface area contributed by atoms with Crippen LogP contribution in [0.15, 0.2) is 0 Å². The standard InChI is InChI=1S/C17H37NO/c1-2-15-18-16-13-11-9-7-5-3-4-6-8-10-12-14-17-19/h18-19H,2-17H2,1H3. The van der Waals surface area contributed by atoms with Gasteiger partial charge in [-0.25, -0.2) is 0 Å². The molecule has 0 atom stereocenters. The second kappa shape index (κ2) is 17.9. The molecule has 2 N–H and O–H groups in total. The minimum atomic E-state index is 0.369. The molecule has 2 heteroatoms. The highest BCUT2D eigenvalue weighted by Gasteiger charge is 1.93. The van der Waals surface area contributed by atoms with Gasteiger partial charge in [-0.15, -0.1) is 0 Å². The fourth-order valence-corrected chi connectivity index (χ4v) is 2.43. The molecule has 0 rings (SSSR count). The number of unbranched alkanes of at least 4 members (excludes halogenated alkanes) is 11. The van der Waals surface area contributed by atoms with E-state index in [1.54, 1.807) is 0 Å². The summed E-state index contributed by atoms with van der Waals surface area (Å²) in [6, 6.07) is 0. The molecule has 0 fully saturated rings. The van der Waals surface area contributed by atoms with Gasteiger partial charge in [0.25, 0.3) is 0 Å². The fraction of sp³-hybridized carbons (Fsp3) is 1.00. The van der Waals surface area contributed by atoms with Gasteiger partial charge in [0.05, 0.1) is 0 Å². The van der Waals surface area contributed by atoms with E-state index < -0.39 is 0 Å². The van der Waals surface area contributed by atoms with Gasteiger partial charge in [-0.2, -0.15) is 0 Å². The molecule has 0 aliphatic carbocycles. The highest BCUT2D eigenvalue weighted by Crippen LogP contribution is 2.11. The van der Waals surface area contributed by atoms with Crippen LogP contribution in [-0.2, 0) is 0 Å². The third-order valence-corrected chi connectivity index (χ3v) is 3.69. The summed E-state index contributed by atoms with van der Waals surface area (Å²) in [5, 5.41) is 12.1. The van der Waals surface area contributed by atoms with Crippen LogP contribution in [0.2, 0.25) is 0 Å². The monoisotopic (exact) mass is 271 g/mol. The molecule has 0 saturated carbocycles. The zero-order valence-corrected chi connectivity index (χ0v) is 13.3. The Morgan fingerprint density at radius 2 is 1.00 bits per heavy atom. The molecule has 0 radical (unpaired) electrons. The first-order valence-electron chi connectivity index (χ1n) is 8.73. The minimum Gasteiger partial charge on any atom is -0.396 e. The van der Waals surface area contributed by atoms with Crippen molar-refractivity contribution < 1.29 is 5.11 Å². The SMILES string of the molecule is CCCNCCCCCCCCCCCCCCO.